The van der Waals surface area contributed by atoms with Crippen molar-refractivity contribution in [2.75, 3.05) is 11.5 Å². The van der Waals surface area contributed by atoms with Crippen LogP contribution >= 0.6 is 23.5 Å². The molecule has 0 N–H and O–H groups in total. The molecule has 59 heavy (non-hydrogen) atoms. The Morgan fingerprint density at radius 2 is 1.05 bits per heavy atom. The van der Waals surface area contributed by atoms with E-state index >= 15 is 0 Å². The molecular formula is C51H68O6S2. The normalized spacial score (nSPS) is 16.7. The summed E-state index contributed by atoms with van der Waals surface area (Å²) in [6.07, 6.45) is 29.7. The predicted molar refractivity (Wildman–Crippen MR) is 244 cm³/mol. The van der Waals surface area contributed by atoms with Crippen LogP contribution in [0.2, 0.25) is 0 Å². The maximum Gasteiger partial charge on any atom is 0.343 e. The fourth-order valence-electron chi connectivity index (χ4n) is 8.04. The lowest BCUT2D eigenvalue weighted by atomic mass is 9.94. The number of thioether (sulfide) groups is 2. The summed E-state index contributed by atoms with van der Waals surface area (Å²) in [6.45, 7) is 4.41. The molecule has 2 aliphatic rings. The van der Waals surface area contributed by atoms with E-state index in [1.807, 2.05) is 47.8 Å². The van der Waals surface area contributed by atoms with Gasteiger partial charge in [0.1, 0.15) is 18.1 Å². The van der Waals surface area contributed by atoms with Crippen molar-refractivity contribution in [2.24, 2.45) is 17.8 Å². The standard InChI is InChI=1S/C51H68O6S2/c1-3-5-7-9-11-13-15-17-19-33-58-45-28-23-40(24-29-45)49(52)56-44-27-32-48(43(37-44)38-55-51(54)47-36-39-21-22-42(47)35-39)57-50(53)41-25-30-46(31-26-41)59-34-20-18-16-14-12-10-8-6-4-2/h21-32,37,39,42,47H,3-20,33-36,38H2,1-2H3. The van der Waals surface area contributed by atoms with Gasteiger partial charge in [0.05, 0.1) is 17.0 Å². The van der Waals surface area contributed by atoms with Gasteiger partial charge in [0.15, 0.2) is 0 Å². The molecule has 8 heteroatoms. The van der Waals surface area contributed by atoms with Gasteiger partial charge in [0.2, 0.25) is 0 Å². The summed E-state index contributed by atoms with van der Waals surface area (Å²) in [7, 11) is 0. The highest BCUT2D eigenvalue weighted by molar-refractivity contribution is 7.99. The first-order chi connectivity index (χ1) is 28.9. The van der Waals surface area contributed by atoms with Crippen molar-refractivity contribution < 1.29 is 28.6 Å². The zero-order valence-corrected chi connectivity index (χ0v) is 37.4. The molecular weight excluding hydrogens is 773 g/mol. The lowest BCUT2D eigenvalue weighted by Crippen LogP contribution is -2.21. The van der Waals surface area contributed by atoms with Crippen molar-refractivity contribution in [3.63, 3.8) is 0 Å². The monoisotopic (exact) mass is 840 g/mol. The third-order valence-electron chi connectivity index (χ3n) is 11.6. The summed E-state index contributed by atoms with van der Waals surface area (Å²) in [5.41, 5.74) is 1.33. The van der Waals surface area contributed by atoms with E-state index in [4.69, 9.17) is 14.2 Å². The number of benzene rings is 3. The zero-order valence-electron chi connectivity index (χ0n) is 35.8. The molecule has 0 spiro atoms. The minimum absolute atomic E-state index is 0.107. The Labute approximate surface area is 363 Å². The largest absolute Gasteiger partial charge is 0.460 e. The number of unbranched alkanes of at least 4 members (excludes halogenated alkanes) is 16. The second-order valence-corrected chi connectivity index (χ2v) is 18.8. The van der Waals surface area contributed by atoms with Crippen LogP contribution in [-0.4, -0.2) is 29.4 Å². The average molecular weight is 841 g/mol. The molecule has 0 saturated heterocycles. The van der Waals surface area contributed by atoms with Gasteiger partial charge in [-0.15, -0.1) is 23.5 Å². The summed E-state index contributed by atoms with van der Waals surface area (Å²) in [6, 6.07) is 19.9. The first-order valence-corrected chi connectivity index (χ1v) is 24.8. The Bertz CT molecular complexity index is 1740. The van der Waals surface area contributed by atoms with E-state index in [1.54, 1.807) is 42.5 Å². The van der Waals surface area contributed by atoms with Crippen molar-refractivity contribution >= 4 is 41.4 Å². The number of rotatable bonds is 29. The molecule has 2 aliphatic carbocycles. The van der Waals surface area contributed by atoms with E-state index in [9.17, 15) is 14.4 Å². The quantitative estimate of drug-likeness (QED) is 0.0225. The fourth-order valence-corrected chi connectivity index (χ4v) is 9.87. The molecule has 2 bridgehead atoms. The maximum absolute atomic E-state index is 13.4. The van der Waals surface area contributed by atoms with E-state index in [1.165, 1.54) is 116 Å². The molecule has 1 saturated carbocycles. The van der Waals surface area contributed by atoms with Crippen molar-refractivity contribution in [1.82, 2.24) is 0 Å². The van der Waals surface area contributed by atoms with Gasteiger partial charge in [0.25, 0.3) is 0 Å². The molecule has 320 valence electrons. The fraction of sp³-hybridized carbons (Fsp3) is 0.549. The smallest absolute Gasteiger partial charge is 0.343 e. The van der Waals surface area contributed by atoms with Crippen LogP contribution < -0.4 is 9.47 Å². The highest BCUT2D eigenvalue weighted by Crippen LogP contribution is 2.44. The Morgan fingerprint density at radius 3 is 1.53 bits per heavy atom. The van der Waals surface area contributed by atoms with E-state index < -0.39 is 11.9 Å². The van der Waals surface area contributed by atoms with Crippen LogP contribution in [0.5, 0.6) is 11.5 Å². The predicted octanol–water partition coefficient (Wildman–Crippen LogP) is 14.6. The third-order valence-corrected chi connectivity index (χ3v) is 13.8. The van der Waals surface area contributed by atoms with Crippen molar-refractivity contribution in [1.29, 1.82) is 0 Å². The molecule has 0 amide bonds. The zero-order chi connectivity index (χ0) is 41.5. The molecule has 1 fully saturated rings. The summed E-state index contributed by atoms with van der Waals surface area (Å²) in [4.78, 5) is 42.0. The van der Waals surface area contributed by atoms with E-state index in [-0.39, 0.29) is 35.9 Å². The highest BCUT2D eigenvalue weighted by atomic mass is 32.2. The number of hydrogen-bond acceptors (Lipinski definition) is 8. The SMILES string of the molecule is CCCCCCCCCCCSc1ccc(C(=O)Oc2ccc(OC(=O)c3ccc(SCCCCCCCCCCC)cc3)c(COC(=O)C3CC4C=CC3C4)c2)cc1. The average Bonchev–Trinajstić information content (AvgIpc) is 3.90. The van der Waals surface area contributed by atoms with Gasteiger partial charge in [-0.1, -0.05) is 129 Å². The van der Waals surface area contributed by atoms with Gasteiger partial charge in [-0.05, 0) is 116 Å². The number of esters is 3. The summed E-state index contributed by atoms with van der Waals surface area (Å²) in [5.74, 6) is 1.88. The summed E-state index contributed by atoms with van der Waals surface area (Å²) >= 11 is 3.63. The van der Waals surface area contributed by atoms with Crippen LogP contribution in [0, 0.1) is 17.8 Å². The summed E-state index contributed by atoms with van der Waals surface area (Å²) < 4.78 is 17.5. The van der Waals surface area contributed by atoms with Gasteiger partial charge < -0.3 is 14.2 Å². The van der Waals surface area contributed by atoms with Crippen LogP contribution in [0.4, 0.5) is 0 Å². The topological polar surface area (TPSA) is 78.9 Å². The third kappa shape index (κ3) is 16.5. The van der Waals surface area contributed by atoms with Gasteiger partial charge in [-0.25, -0.2) is 9.59 Å². The number of ether oxygens (including phenoxy) is 3. The Balaban J connectivity index is 1.11. The molecule has 0 aromatic heterocycles. The van der Waals surface area contributed by atoms with E-state index in [0.717, 1.165) is 34.1 Å². The Morgan fingerprint density at radius 1 is 0.559 bits per heavy atom. The summed E-state index contributed by atoms with van der Waals surface area (Å²) in [5, 5.41) is 0. The number of hydrogen-bond donors (Lipinski definition) is 0. The first kappa shape index (κ1) is 46.6. The van der Waals surface area contributed by atoms with Crippen LogP contribution in [0.1, 0.15) is 169 Å². The Hall–Kier alpha value is -3.49. The van der Waals surface area contributed by atoms with Crippen LogP contribution in [0.3, 0.4) is 0 Å². The minimum Gasteiger partial charge on any atom is -0.460 e. The van der Waals surface area contributed by atoms with Crippen LogP contribution in [0.15, 0.2) is 88.7 Å². The molecule has 0 heterocycles. The van der Waals surface area contributed by atoms with Gasteiger partial charge in [-0.3, -0.25) is 4.79 Å². The van der Waals surface area contributed by atoms with Crippen molar-refractivity contribution in [2.45, 2.75) is 159 Å². The molecule has 0 aliphatic heterocycles. The second kappa shape index (κ2) is 26.7. The molecule has 3 unspecified atom stereocenters. The number of carbonyl (C=O) groups is 3. The lowest BCUT2D eigenvalue weighted by molar-refractivity contribution is -0.150. The number of carbonyl (C=O) groups excluding carboxylic acids is 3. The Kier molecular flexibility index (Phi) is 21.0. The van der Waals surface area contributed by atoms with Crippen LogP contribution in [0.25, 0.3) is 0 Å². The molecule has 5 rings (SSSR count). The van der Waals surface area contributed by atoms with Gasteiger partial charge in [-0.2, -0.15) is 0 Å². The molecule has 0 radical (unpaired) electrons. The minimum atomic E-state index is -0.508. The van der Waals surface area contributed by atoms with Gasteiger partial charge in [0, 0.05) is 15.4 Å². The second-order valence-electron chi connectivity index (χ2n) is 16.4. The maximum atomic E-state index is 13.4. The lowest BCUT2D eigenvalue weighted by Gasteiger charge is -2.18. The highest BCUT2D eigenvalue weighted by Gasteiger charge is 2.40. The molecule has 6 nitrogen and oxygen atoms in total. The molecule has 3 aromatic rings. The number of fused-ring (bicyclic) bond motifs is 2. The van der Waals surface area contributed by atoms with E-state index in [2.05, 4.69) is 26.0 Å². The van der Waals surface area contributed by atoms with Crippen molar-refractivity contribution in [3.8, 4) is 11.5 Å². The van der Waals surface area contributed by atoms with E-state index in [0.29, 0.717) is 22.6 Å². The first-order valence-electron chi connectivity index (χ1n) is 22.8. The molecule has 3 atom stereocenters. The molecule has 3 aromatic carbocycles. The van der Waals surface area contributed by atoms with Gasteiger partial charge >= 0.3 is 17.9 Å². The van der Waals surface area contributed by atoms with Crippen LogP contribution in [-0.2, 0) is 16.1 Å². The van der Waals surface area contributed by atoms with Crippen molar-refractivity contribution in [3.05, 3.63) is 95.6 Å². The number of allylic oxidation sites excluding steroid dienone is 2.